The van der Waals surface area contributed by atoms with E-state index < -0.39 is 35.8 Å². The summed E-state index contributed by atoms with van der Waals surface area (Å²) in [5.41, 5.74) is 0. The number of hydrogen-bond acceptors (Lipinski definition) is 6. The van der Waals surface area contributed by atoms with Crippen molar-refractivity contribution in [1.29, 1.82) is 0 Å². The zero-order chi connectivity index (χ0) is 19.7. The molecule has 146 valence electrons. The summed E-state index contributed by atoms with van der Waals surface area (Å²) in [7, 11) is 0. The third kappa shape index (κ3) is 56.7. The molecule has 0 aliphatic heterocycles. The SMILES string of the molecule is O=C(O)/C=C/C(=O)O.O=C(O)/C=C/C(=O)O.O=C(O)/C=C/C(=O)O.[Eu].[Eu]. The van der Waals surface area contributed by atoms with E-state index in [4.69, 9.17) is 30.6 Å². The van der Waals surface area contributed by atoms with Crippen molar-refractivity contribution >= 4 is 35.8 Å². The van der Waals surface area contributed by atoms with Crippen LogP contribution < -0.4 is 0 Å². The Morgan fingerprint density at radius 1 is 0.346 bits per heavy atom. The Morgan fingerprint density at radius 3 is 0.462 bits per heavy atom. The van der Waals surface area contributed by atoms with Crippen LogP contribution in [0.2, 0.25) is 0 Å². The predicted molar refractivity (Wildman–Crippen MR) is 73.2 cm³/mol. The molecule has 0 atom stereocenters. The van der Waals surface area contributed by atoms with Crippen LogP contribution in [0.3, 0.4) is 0 Å². The van der Waals surface area contributed by atoms with Crippen molar-refractivity contribution in [3.05, 3.63) is 36.5 Å². The summed E-state index contributed by atoms with van der Waals surface area (Å²) in [5, 5.41) is 46.9. The molecule has 0 bridgehead atoms. The van der Waals surface area contributed by atoms with E-state index in [1.54, 1.807) is 0 Å². The van der Waals surface area contributed by atoms with Crippen LogP contribution in [0.1, 0.15) is 0 Å². The third-order valence-electron chi connectivity index (χ3n) is 1.11. The monoisotopic (exact) mass is 654 g/mol. The molecule has 0 amide bonds. The average molecular weight is 652 g/mol. The van der Waals surface area contributed by atoms with Gasteiger partial charge in [-0.25, -0.2) is 28.8 Å². The van der Waals surface area contributed by atoms with Crippen LogP contribution in [-0.2, 0) is 28.8 Å². The first-order valence-corrected chi connectivity index (χ1v) is 5.30. The van der Waals surface area contributed by atoms with Crippen molar-refractivity contribution in [1.82, 2.24) is 0 Å². The quantitative estimate of drug-likeness (QED) is 0.193. The van der Waals surface area contributed by atoms with Gasteiger partial charge < -0.3 is 30.6 Å². The van der Waals surface area contributed by atoms with Crippen molar-refractivity contribution < 1.29 is 158 Å². The van der Waals surface area contributed by atoms with E-state index in [0.29, 0.717) is 36.5 Å². The molecule has 0 aromatic rings. The number of carbonyl (C=O) groups is 6. The van der Waals surface area contributed by atoms with E-state index in [1.807, 2.05) is 0 Å². The van der Waals surface area contributed by atoms with E-state index >= 15 is 0 Å². The van der Waals surface area contributed by atoms with E-state index in [1.165, 1.54) is 0 Å². The maximum Gasteiger partial charge on any atom is 0.328 e. The molecule has 0 spiro atoms. The Morgan fingerprint density at radius 2 is 0.423 bits per heavy atom. The summed E-state index contributed by atoms with van der Waals surface area (Å²) in [5.74, 6) is -7.54. The molecule has 0 fully saturated rings. The zero-order valence-electron chi connectivity index (χ0n) is 12.4. The molecule has 0 aromatic heterocycles. The Balaban J connectivity index is -0.0000000817. The summed E-state index contributed by atoms with van der Waals surface area (Å²) in [6.07, 6.45) is 3.35. The Bertz CT molecular complexity index is 448. The van der Waals surface area contributed by atoms with Gasteiger partial charge in [0.1, 0.15) is 0 Å². The van der Waals surface area contributed by atoms with Crippen LogP contribution in [0.4, 0.5) is 0 Å². The molecule has 2 radical (unpaired) electrons. The van der Waals surface area contributed by atoms with Crippen molar-refractivity contribution in [2.45, 2.75) is 0 Å². The second-order valence-corrected chi connectivity index (χ2v) is 3.03. The first kappa shape index (κ1) is 36.2. The van der Waals surface area contributed by atoms with E-state index in [-0.39, 0.29) is 98.8 Å². The molecule has 26 heavy (non-hydrogen) atoms. The molecule has 0 saturated heterocycles. The minimum Gasteiger partial charge on any atom is -0.478 e. The molecular formula is C12H12Eu2O12. The maximum absolute atomic E-state index is 9.55. The number of aliphatic carboxylic acids is 6. The first-order valence-electron chi connectivity index (χ1n) is 5.30. The van der Waals surface area contributed by atoms with Gasteiger partial charge >= 0.3 is 35.8 Å². The van der Waals surface area contributed by atoms with Gasteiger partial charge in [0.15, 0.2) is 0 Å². The van der Waals surface area contributed by atoms with Gasteiger partial charge in [-0.2, -0.15) is 0 Å². The van der Waals surface area contributed by atoms with Crippen LogP contribution in [0.15, 0.2) is 36.5 Å². The van der Waals surface area contributed by atoms with Crippen LogP contribution in [-0.4, -0.2) is 66.5 Å². The molecule has 0 rings (SSSR count). The maximum atomic E-state index is 9.55. The van der Waals surface area contributed by atoms with Gasteiger partial charge in [-0.05, 0) is 0 Å². The van der Waals surface area contributed by atoms with Gasteiger partial charge in [0.2, 0.25) is 0 Å². The Hall–Kier alpha value is -0.791. The van der Waals surface area contributed by atoms with E-state index in [0.717, 1.165) is 0 Å². The molecule has 0 heterocycles. The molecule has 0 aromatic carbocycles. The predicted octanol–water partition coefficient (Wildman–Crippen LogP) is -0.865. The minimum atomic E-state index is -1.26. The molecule has 12 nitrogen and oxygen atoms in total. The fourth-order valence-corrected chi connectivity index (χ4v) is 0.428. The molecule has 0 unspecified atom stereocenters. The number of carboxylic acids is 6. The first-order chi connectivity index (χ1) is 10.9. The van der Waals surface area contributed by atoms with Gasteiger partial charge in [0.25, 0.3) is 0 Å². The van der Waals surface area contributed by atoms with Gasteiger partial charge in [0.05, 0.1) is 0 Å². The zero-order valence-corrected chi connectivity index (χ0v) is 17.2. The smallest absolute Gasteiger partial charge is 0.328 e. The van der Waals surface area contributed by atoms with Crippen molar-refractivity contribution in [3.8, 4) is 0 Å². The Kier molecular flexibility index (Phi) is 33.7. The summed E-state index contributed by atoms with van der Waals surface area (Å²) in [6, 6.07) is 0. The molecule has 0 aliphatic carbocycles. The molecule has 6 N–H and O–H groups in total. The van der Waals surface area contributed by atoms with Crippen LogP contribution >= 0.6 is 0 Å². The number of hydrogen-bond donors (Lipinski definition) is 6. The summed E-state index contributed by atoms with van der Waals surface area (Å²) in [4.78, 5) is 57.3. The Labute approximate surface area is 227 Å². The van der Waals surface area contributed by atoms with Crippen LogP contribution in [0.25, 0.3) is 0 Å². The normalized spacial score (nSPS) is 8.77. The van der Waals surface area contributed by atoms with Crippen molar-refractivity contribution in [2.24, 2.45) is 0 Å². The fraction of sp³-hybridized carbons (Fsp3) is 0. The minimum absolute atomic E-state index is 0. The van der Waals surface area contributed by atoms with Crippen molar-refractivity contribution in [2.75, 3.05) is 0 Å². The van der Waals surface area contributed by atoms with Gasteiger partial charge in [-0.15, -0.1) is 0 Å². The van der Waals surface area contributed by atoms with Gasteiger partial charge in [-0.3, -0.25) is 0 Å². The summed E-state index contributed by atoms with van der Waals surface area (Å²) >= 11 is 0. The van der Waals surface area contributed by atoms with Gasteiger partial charge in [0, 0.05) is 135 Å². The van der Waals surface area contributed by atoms with Crippen LogP contribution in [0.5, 0.6) is 0 Å². The average Bonchev–Trinajstić information content (AvgIpc) is 2.42. The van der Waals surface area contributed by atoms with Crippen molar-refractivity contribution in [3.63, 3.8) is 0 Å². The molecular weight excluding hydrogens is 640 g/mol. The standard InChI is InChI=1S/3C4H4O4.2Eu/c3*5-3(6)1-2-4(7)8;;/h3*1-2H,(H,5,6)(H,7,8);;/b3*2-1+;;. The molecule has 14 heteroatoms. The van der Waals surface area contributed by atoms with Crippen LogP contribution in [0, 0.1) is 98.8 Å². The molecule has 0 saturated carbocycles. The number of carboxylic acid groups (broad SMARTS) is 6. The third-order valence-corrected chi connectivity index (χ3v) is 1.11. The second-order valence-electron chi connectivity index (χ2n) is 3.03. The van der Waals surface area contributed by atoms with E-state index in [9.17, 15) is 28.8 Å². The van der Waals surface area contributed by atoms with Gasteiger partial charge in [-0.1, -0.05) is 0 Å². The summed E-state index contributed by atoms with van der Waals surface area (Å²) in [6.45, 7) is 0. The largest absolute Gasteiger partial charge is 0.478 e. The summed E-state index contributed by atoms with van der Waals surface area (Å²) < 4.78 is 0. The molecule has 0 aliphatic rings. The number of rotatable bonds is 6. The fourth-order valence-electron chi connectivity index (χ4n) is 0.428. The topological polar surface area (TPSA) is 224 Å². The second kappa shape index (κ2) is 24.2. The van der Waals surface area contributed by atoms with E-state index in [2.05, 4.69) is 0 Å².